The Morgan fingerprint density at radius 1 is 0.830 bits per heavy atom. The number of allylic oxidation sites excluding steroid dienone is 5. The first kappa shape index (κ1) is 45.7. The summed E-state index contributed by atoms with van der Waals surface area (Å²) < 4.78 is 0. The third kappa shape index (κ3) is 18.4. The van der Waals surface area contributed by atoms with Crippen molar-refractivity contribution in [3.63, 3.8) is 0 Å². The highest BCUT2D eigenvalue weighted by Gasteiger charge is 2.34. The smallest absolute Gasteiger partial charge is 0.305 e. The molecule has 2 aromatic carbocycles. The Morgan fingerprint density at radius 3 is 2.04 bits per heavy atom. The number of aliphatic carboxylic acids is 1. The minimum atomic E-state index is -0.805. The zero-order valence-electron chi connectivity index (χ0n) is 33.2. The Kier molecular flexibility index (Phi) is 24.9. The molecule has 0 saturated carbocycles. The molecule has 0 heterocycles. The van der Waals surface area contributed by atoms with Crippen molar-refractivity contribution in [3.8, 4) is 6.07 Å². The number of aldehydes is 1. The summed E-state index contributed by atoms with van der Waals surface area (Å²) in [5.41, 5.74) is 2.72. The predicted molar refractivity (Wildman–Crippen MR) is 229 cm³/mol. The molecule has 7 heteroatoms. The number of thioether (sulfide) groups is 1. The van der Waals surface area contributed by atoms with Gasteiger partial charge in [0, 0.05) is 30.6 Å². The molecule has 0 aliphatic rings. The number of hydrogen-bond acceptors (Lipinski definition) is 6. The highest BCUT2D eigenvalue weighted by molar-refractivity contribution is 8.02. The van der Waals surface area contributed by atoms with Gasteiger partial charge in [-0.2, -0.15) is 5.26 Å². The number of nitrogens with zero attached hydrogens (tertiary/aromatic N) is 1. The number of rotatable bonds is 32. The fraction of sp³-hybridized carbons (Fsp3) is 0.587. The van der Waals surface area contributed by atoms with Gasteiger partial charge in [-0.3, -0.25) is 4.79 Å². The van der Waals surface area contributed by atoms with Crippen LogP contribution in [0.25, 0.3) is 10.8 Å². The normalized spacial score (nSPS) is 13.2. The number of carbonyl (C=O) groups is 2. The average molecular weight is 744 g/mol. The summed E-state index contributed by atoms with van der Waals surface area (Å²) in [6.07, 6.45) is 31.0. The van der Waals surface area contributed by atoms with Crippen LogP contribution in [-0.4, -0.2) is 36.2 Å². The van der Waals surface area contributed by atoms with Gasteiger partial charge < -0.3 is 20.5 Å². The largest absolute Gasteiger partial charge is 0.481 e. The van der Waals surface area contributed by atoms with Crippen LogP contribution in [0.15, 0.2) is 71.3 Å². The van der Waals surface area contributed by atoms with Gasteiger partial charge in [-0.1, -0.05) is 153 Å². The van der Waals surface area contributed by atoms with E-state index in [-0.39, 0.29) is 11.8 Å². The first-order chi connectivity index (χ1) is 25.9. The molecule has 0 aliphatic heterocycles. The van der Waals surface area contributed by atoms with Crippen molar-refractivity contribution in [2.45, 2.75) is 155 Å². The van der Waals surface area contributed by atoms with E-state index in [1.54, 1.807) is 11.8 Å². The summed E-state index contributed by atoms with van der Waals surface area (Å²) in [4.78, 5) is 22.4. The second-order valence-electron chi connectivity index (χ2n) is 14.3. The number of carbonyl (C=O) groups excluding carboxylic acids is 1. The topological polar surface area (TPSA) is 102 Å². The van der Waals surface area contributed by atoms with E-state index in [4.69, 9.17) is 0 Å². The van der Waals surface area contributed by atoms with Gasteiger partial charge in [0.1, 0.15) is 6.29 Å². The molecule has 0 radical (unpaired) electrons. The fourth-order valence-corrected chi connectivity index (χ4v) is 7.95. The van der Waals surface area contributed by atoms with E-state index in [0.717, 1.165) is 54.9 Å². The van der Waals surface area contributed by atoms with Gasteiger partial charge in [-0.25, -0.2) is 0 Å². The summed E-state index contributed by atoms with van der Waals surface area (Å²) in [5.74, 6) is 0.0829. The van der Waals surface area contributed by atoms with Crippen LogP contribution in [0.1, 0.15) is 155 Å². The molecule has 6 nitrogen and oxygen atoms in total. The van der Waals surface area contributed by atoms with Crippen molar-refractivity contribution in [2.75, 3.05) is 24.2 Å². The van der Waals surface area contributed by atoms with Gasteiger partial charge in [0.15, 0.2) is 0 Å². The third-order valence-corrected chi connectivity index (χ3v) is 11.0. The molecule has 1 unspecified atom stereocenters. The van der Waals surface area contributed by atoms with Crippen molar-refractivity contribution in [2.24, 2.45) is 0 Å². The lowest BCUT2D eigenvalue weighted by molar-refractivity contribution is -0.136. The highest BCUT2D eigenvalue weighted by atomic mass is 32.2. The van der Waals surface area contributed by atoms with Gasteiger partial charge in [0.05, 0.1) is 23.1 Å². The number of unbranched alkanes of at least 4 members (excludes halogenated alkanes) is 13. The molecule has 0 fully saturated rings. The summed E-state index contributed by atoms with van der Waals surface area (Å²) in [6, 6.07) is 15.3. The van der Waals surface area contributed by atoms with Gasteiger partial charge in [0.25, 0.3) is 0 Å². The minimum absolute atomic E-state index is 0.0567. The second kappa shape index (κ2) is 28.9. The second-order valence-corrected chi connectivity index (χ2v) is 15.6. The zero-order chi connectivity index (χ0) is 38.4. The maximum atomic E-state index is 11.6. The average Bonchev–Trinajstić information content (AvgIpc) is 3.16. The molecule has 0 aliphatic carbocycles. The molecular formula is C46H69N3O3S. The minimum Gasteiger partial charge on any atom is -0.481 e. The Hall–Kier alpha value is -3.50. The van der Waals surface area contributed by atoms with E-state index < -0.39 is 5.97 Å². The van der Waals surface area contributed by atoms with Crippen molar-refractivity contribution in [1.29, 1.82) is 5.26 Å². The van der Waals surface area contributed by atoms with Crippen LogP contribution in [0.3, 0.4) is 0 Å². The fourth-order valence-electron chi connectivity index (χ4n) is 7.27. The molecule has 0 aromatic heterocycles. The molecule has 0 amide bonds. The van der Waals surface area contributed by atoms with E-state index in [0.29, 0.717) is 25.1 Å². The Balaban J connectivity index is 2.58. The van der Waals surface area contributed by atoms with Gasteiger partial charge in [-0.05, 0) is 65.6 Å². The number of hydrogen-bond donors (Lipinski definition) is 3. The number of nitriles is 1. The SMILES string of the molecule is CCCCCCCCCCC(C/C=C/C(C#N)=C/C=C(/NCCC=O)SCC)(CCCCCCCCC)c1c(NCCC(=O)O)ccc2ccccc12. The molecule has 1 atom stereocenters. The van der Waals surface area contributed by atoms with Crippen LogP contribution in [0, 0.1) is 11.3 Å². The molecule has 2 aromatic rings. The van der Waals surface area contributed by atoms with Gasteiger partial charge in [-0.15, -0.1) is 11.8 Å². The number of fused-ring (bicyclic) bond motifs is 1. The molecule has 53 heavy (non-hydrogen) atoms. The molecule has 3 N–H and O–H groups in total. The lowest BCUT2D eigenvalue weighted by atomic mass is 9.68. The summed E-state index contributed by atoms with van der Waals surface area (Å²) >= 11 is 1.66. The maximum absolute atomic E-state index is 11.6. The van der Waals surface area contributed by atoms with Crippen LogP contribution in [0.2, 0.25) is 0 Å². The number of carboxylic acid groups (broad SMARTS) is 1. The highest BCUT2D eigenvalue weighted by Crippen LogP contribution is 2.46. The molecule has 2 rings (SSSR count). The Bertz CT molecular complexity index is 1460. The van der Waals surface area contributed by atoms with E-state index in [9.17, 15) is 20.0 Å². The first-order valence-electron chi connectivity index (χ1n) is 20.7. The molecule has 0 spiro atoms. The van der Waals surface area contributed by atoms with E-state index in [1.807, 2.05) is 18.2 Å². The van der Waals surface area contributed by atoms with Gasteiger partial charge >= 0.3 is 5.97 Å². The standard InChI is InChI=1S/C46H69N3O3S/c1-4-7-9-11-13-15-17-21-33-46(32-20-16-14-12-10-8-5-2,34-22-24-39(38-47)27-30-43(53-6-3)49-35-23-37-50)45-41-26-19-18-25-40(41)28-29-42(45)48-36-31-44(51)52/h18-19,22,24-30,37,48-49H,4-17,20-21,23,31-36H2,1-3H3,(H,51,52)/b24-22+,39-27-,43-30-. The van der Waals surface area contributed by atoms with Crippen LogP contribution >= 0.6 is 11.8 Å². The quantitative estimate of drug-likeness (QED) is 0.0297. The van der Waals surface area contributed by atoms with E-state index in [1.165, 1.54) is 99.8 Å². The van der Waals surface area contributed by atoms with Crippen LogP contribution < -0.4 is 10.6 Å². The number of anilines is 1. The van der Waals surface area contributed by atoms with Crippen molar-refractivity contribution >= 4 is 40.5 Å². The molecule has 0 saturated heterocycles. The molecule has 0 bridgehead atoms. The van der Waals surface area contributed by atoms with Crippen LogP contribution in [-0.2, 0) is 15.0 Å². The number of carboxylic acids is 1. The first-order valence-corrected chi connectivity index (χ1v) is 21.7. The molecular weight excluding hydrogens is 675 g/mol. The predicted octanol–water partition coefficient (Wildman–Crippen LogP) is 12.8. The lowest BCUT2D eigenvalue weighted by Gasteiger charge is -2.37. The maximum Gasteiger partial charge on any atom is 0.305 e. The van der Waals surface area contributed by atoms with Crippen molar-refractivity contribution in [3.05, 3.63) is 76.9 Å². The van der Waals surface area contributed by atoms with E-state index >= 15 is 0 Å². The Morgan fingerprint density at radius 2 is 1.45 bits per heavy atom. The van der Waals surface area contributed by atoms with Gasteiger partial charge in [0.2, 0.25) is 0 Å². The summed E-state index contributed by atoms with van der Waals surface area (Å²) in [6.45, 7) is 7.56. The zero-order valence-corrected chi connectivity index (χ0v) is 34.0. The van der Waals surface area contributed by atoms with Crippen LogP contribution in [0.5, 0.6) is 0 Å². The third-order valence-electron chi connectivity index (χ3n) is 10.1. The Labute approximate surface area is 326 Å². The van der Waals surface area contributed by atoms with Crippen molar-refractivity contribution < 1.29 is 14.7 Å². The monoisotopic (exact) mass is 744 g/mol. The number of nitrogens with one attached hydrogen (secondary N) is 2. The number of benzene rings is 2. The van der Waals surface area contributed by atoms with Crippen LogP contribution in [0.4, 0.5) is 5.69 Å². The summed E-state index contributed by atoms with van der Waals surface area (Å²) in [7, 11) is 0. The lowest BCUT2D eigenvalue weighted by Crippen LogP contribution is -2.28. The summed E-state index contributed by atoms with van der Waals surface area (Å²) in [5, 5.41) is 29.9. The van der Waals surface area contributed by atoms with Crippen molar-refractivity contribution in [1.82, 2.24) is 5.32 Å². The van der Waals surface area contributed by atoms with E-state index in [2.05, 4.69) is 79.9 Å². The molecule has 292 valence electrons.